The first-order valence-corrected chi connectivity index (χ1v) is 9.58. The van der Waals surface area contributed by atoms with Crippen LogP contribution in [0, 0.1) is 6.92 Å². The lowest BCUT2D eigenvalue weighted by molar-refractivity contribution is 0.0954. The van der Waals surface area contributed by atoms with Crippen molar-refractivity contribution < 1.29 is 13.2 Å². The number of benzene rings is 1. The quantitative estimate of drug-likeness (QED) is 0.763. The number of carbonyl (C=O) groups is 1. The van der Waals surface area contributed by atoms with Gasteiger partial charge in [-0.1, -0.05) is 31.0 Å². The van der Waals surface area contributed by atoms with Gasteiger partial charge in [0.1, 0.15) is 5.56 Å². The van der Waals surface area contributed by atoms with E-state index in [0.29, 0.717) is 6.54 Å². The number of aromatic nitrogens is 2. The third kappa shape index (κ3) is 4.01. The van der Waals surface area contributed by atoms with Gasteiger partial charge >= 0.3 is 0 Å². The molecule has 2 aromatic rings. The fourth-order valence-electron chi connectivity index (χ4n) is 2.42. The monoisotopic (exact) mass is 364 g/mol. The molecule has 0 aliphatic rings. The standard InChI is InChI=1S/C17H24N4O3S/c1-5-6-11-18-16(22)15-12-19-20(3)17(15)21(4)25(23,24)14-9-7-13(2)8-10-14/h7-10,12H,5-6,11H2,1-4H3,(H,18,22). The van der Waals surface area contributed by atoms with E-state index >= 15 is 0 Å². The Morgan fingerprint density at radius 2 is 1.92 bits per heavy atom. The predicted molar refractivity (Wildman–Crippen MR) is 97.2 cm³/mol. The van der Waals surface area contributed by atoms with E-state index in [-0.39, 0.29) is 22.2 Å². The summed E-state index contributed by atoms with van der Waals surface area (Å²) in [6, 6.07) is 6.59. The summed E-state index contributed by atoms with van der Waals surface area (Å²) in [4.78, 5) is 12.5. The van der Waals surface area contributed by atoms with Crippen LogP contribution in [0.2, 0.25) is 0 Å². The topological polar surface area (TPSA) is 84.3 Å². The molecule has 25 heavy (non-hydrogen) atoms. The Balaban J connectivity index is 2.35. The highest BCUT2D eigenvalue weighted by molar-refractivity contribution is 7.92. The van der Waals surface area contributed by atoms with Crippen LogP contribution in [0.5, 0.6) is 0 Å². The van der Waals surface area contributed by atoms with Crippen LogP contribution in [0.4, 0.5) is 5.82 Å². The summed E-state index contributed by atoms with van der Waals surface area (Å²) in [6.07, 6.45) is 3.21. The highest BCUT2D eigenvalue weighted by atomic mass is 32.2. The number of hydrogen-bond donors (Lipinski definition) is 1. The zero-order valence-corrected chi connectivity index (χ0v) is 15.8. The van der Waals surface area contributed by atoms with Gasteiger partial charge in [0, 0.05) is 20.6 Å². The summed E-state index contributed by atoms with van der Waals surface area (Å²) < 4.78 is 28.3. The van der Waals surface area contributed by atoms with Crippen LogP contribution in [0.3, 0.4) is 0 Å². The van der Waals surface area contributed by atoms with Crippen LogP contribution in [-0.2, 0) is 17.1 Å². The van der Waals surface area contributed by atoms with Gasteiger partial charge in [0.25, 0.3) is 15.9 Å². The average Bonchev–Trinajstić information content (AvgIpc) is 2.96. The summed E-state index contributed by atoms with van der Waals surface area (Å²) in [5.74, 6) is -0.0999. The molecule has 136 valence electrons. The second kappa shape index (κ2) is 7.69. The van der Waals surface area contributed by atoms with Crippen molar-refractivity contribution in [1.29, 1.82) is 0 Å². The first-order valence-electron chi connectivity index (χ1n) is 8.14. The molecule has 0 aliphatic carbocycles. The SMILES string of the molecule is CCCCNC(=O)c1cnn(C)c1N(C)S(=O)(=O)c1ccc(C)cc1. The van der Waals surface area contributed by atoms with Gasteiger partial charge in [-0.25, -0.2) is 8.42 Å². The third-order valence-corrected chi connectivity index (χ3v) is 5.71. The van der Waals surface area contributed by atoms with Crippen LogP contribution >= 0.6 is 0 Å². The average molecular weight is 364 g/mol. The smallest absolute Gasteiger partial charge is 0.265 e. The van der Waals surface area contributed by atoms with Crippen LogP contribution < -0.4 is 9.62 Å². The lowest BCUT2D eigenvalue weighted by Crippen LogP contribution is -2.32. The van der Waals surface area contributed by atoms with Gasteiger partial charge in [-0.15, -0.1) is 0 Å². The number of hydrogen-bond acceptors (Lipinski definition) is 4. The molecule has 7 nitrogen and oxygen atoms in total. The maximum absolute atomic E-state index is 12.9. The maximum Gasteiger partial charge on any atom is 0.265 e. The van der Waals surface area contributed by atoms with E-state index in [0.717, 1.165) is 22.7 Å². The van der Waals surface area contributed by atoms with Crippen molar-refractivity contribution in [3.8, 4) is 0 Å². The Morgan fingerprint density at radius 3 is 2.52 bits per heavy atom. The summed E-state index contributed by atoms with van der Waals surface area (Å²) >= 11 is 0. The summed E-state index contributed by atoms with van der Waals surface area (Å²) in [5, 5.41) is 6.85. The molecule has 0 fully saturated rings. The molecule has 0 unspecified atom stereocenters. The molecule has 1 amide bonds. The predicted octanol–water partition coefficient (Wildman–Crippen LogP) is 2.08. The molecule has 0 aliphatic heterocycles. The molecule has 0 bridgehead atoms. The fourth-order valence-corrected chi connectivity index (χ4v) is 3.66. The number of nitrogens with one attached hydrogen (secondary N) is 1. The lowest BCUT2D eigenvalue weighted by Gasteiger charge is -2.21. The molecule has 0 atom stereocenters. The first-order chi connectivity index (χ1) is 11.8. The molecule has 8 heteroatoms. The van der Waals surface area contributed by atoms with Gasteiger partial charge in [-0.3, -0.25) is 13.8 Å². The number of sulfonamides is 1. The number of amides is 1. The van der Waals surface area contributed by atoms with Crippen molar-refractivity contribution in [3.05, 3.63) is 41.6 Å². The van der Waals surface area contributed by atoms with Crippen molar-refractivity contribution >= 4 is 21.7 Å². The number of unbranched alkanes of at least 4 members (excludes halogenated alkanes) is 1. The van der Waals surface area contributed by atoms with E-state index in [1.165, 1.54) is 17.9 Å². The van der Waals surface area contributed by atoms with Crippen molar-refractivity contribution in [2.45, 2.75) is 31.6 Å². The number of aryl methyl sites for hydroxylation is 2. The molecular formula is C17H24N4O3S. The van der Waals surface area contributed by atoms with E-state index in [1.54, 1.807) is 31.3 Å². The maximum atomic E-state index is 12.9. The van der Waals surface area contributed by atoms with Crippen molar-refractivity contribution in [2.75, 3.05) is 17.9 Å². The Morgan fingerprint density at radius 1 is 1.28 bits per heavy atom. The Labute approximate surface area is 148 Å². The Bertz CT molecular complexity index is 841. The minimum atomic E-state index is -3.79. The van der Waals surface area contributed by atoms with Crippen molar-refractivity contribution in [2.24, 2.45) is 7.05 Å². The number of anilines is 1. The zero-order valence-electron chi connectivity index (χ0n) is 15.0. The summed E-state index contributed by atoms with van der Waals surface area (Å²) in [7, 11) is -0.754. The van der Waals surface area contributed by atoms with Gasteiger partial charge in [-0.2, -0.15) is 5.10 Å². The molecule has 0 spiro atoms. The van der Waals surface area contributed by atoms with Gasteiger partial charge in [0.2, 0.25) is 0 Å². The van der Waals surface area contributed by atoms with Crippen LogP contribution in [0.15, 0.2) is 35.4 Å². The summed E-state index contributed by atoms with van der Waals surface area (Å²) in [5.41, 5.74) is 1.20. The number of nitrogens with zero attached hydrogens (tertiary/aromatic N) is 3. The zero-order chi connectivity index (χ0) is 18.6. The van der Waals surface area contributed by atoms with Crippen molar-refractivity contribution in [3.63, 3.8) is 0 Å². The molecular weight excluding hydrogens is 340 g/mol. The molecule has 0 saturated carbocycles. The first kappa shape index (κ1) is 19.0. The second-order valence-electron chi connectivity index (χ2n) is 5.90. The Kier molecular flexibility index (Phi) is 5.84. The van der Waals surface area contributed by atoms with Crippen LogP contribution in [0.25, 0.3) is 0 Å². The van der Waals surface area contributed by atoms with Crippen LogP contribution in [-0.4, -0.2) is 37.7 Å². The molecule has 1 heterocycles. The Hall–Kier alpha value is -2.35. The minimum Gasteiger partial charge on any atom is -0.352 e. The van der Waals surface area contributed by atoms with Gasteiger partial charge in [0.15, 0.2) is 5.82 Å². The van der Waals surface area contributed by atoms with Crippen LogP contribution in [0.1, 0.15) is 35.7 Å². The highest BCUT2D eigenvalue weighted by Gasteiger charge is 2.28. The van der Waals surface area contributed by atoms with Gasteiger partial charge in [0.05, 0.1) is 11.1 Å². The highest BCUT2D eigenvalue weighted by Crippen LogP contribution is 2.25. The van der Waals surface area contributed by atoms with E-state index in [1.807, 2.05) is 13.8 Å². The molecule has 0 saturated heterocycles. The van der Waals surface area contributed by atoms with E-state index in [9.17, 15) is 13.2 Å². The molecule has 1 aromatic carbocycles. The second-order valence-corrected chi connectivity index (χ2v) is 7.87. The van der Waals surface area contributed by atoms with Gasteiger partial charge < -0.3 is 5.32 Å². The molecule has 1 aromatic heterocycles. The normalized spacial score (nSPS) is 11.4. The van der Waals surface area contributed by atoms with Gasteiger partial charge in [-0.05, 0) is 25.5 Å². The van der Waals surface area contributed by atoms with E-state index in [4.69, 9.17) is 0 Å². The summed E-state index contributed by atoms with van der Waals surface area (Å²) in [6.45, 7) is 4.46. The molecule has 0 radical (unpaired) electrons. The number of carbonyl (C=O) groups excluding carboxylic acids is 1. The van der Waals surface area contributed by atoms with E-state index < -0.39 is 10.0 Å². The van der Waals surface area contributed by atoms with Crippen molar-refractivity contribution in [1.82, 2.24) is 15.1 Å². The minimum absolute atomic E-state index is 0.166. The molecule has 2 rings (SSSR count). The molecule has 1 N–H and O–H groups in total. The lowest BCUT2D eigenvalue weighted by atomic mass is 10.2. The van der Waals surface area contributed by atoms with E-state index in [2.05, 4.69) is 10.4 Å². The third-order valence-electron chi connectivity index (χ3n) is 3.95. The largest absolute Gasteiger partial charge is 0.352 e. The number of rotatable bonds is 7. The fraction of sp³-hybridized carbons (Fsp3) is 0.412.